The first-order valence-electron chi connectivity index (χ1n) is 13.7. The number of thioether (sulfide) groups is 1. The SMILES string of the molecule is Cc1cc(C)cc(CN2C[C@@H](SC3=C(C=O)N4C(=O)[C@H]([C@@H](C)O)[C@H]4[C@H]3C)C[C@H]2C(=O)Nc2cccc(C=O)c2)c1. The van der Waals surface area contributed by atoms with E-state index in [-0.39, 0.29) is 29.0 Å². The normalized spacial score (nSPS) is 26.9. The number of nitrogens with one attached hydrogen (secondary N) is 1. The molecule has 3 aliphatic heterocycles. The molecular formula is C31H35N3O5S. The maximum atomic E-state index is 13.6. The topological polar surface area (TPSA) is 107 Å². The summed E-state index contributed by atoms with van der Waals surface area (Å²) in [6.45, 7) is 8.97. The van der Waals surface area contributed by atoms with E-state index in [2.05, 4.69) is 42.3 Å². The van der Waals surface area contributed by atoms with Crippen LogP contribution in [0, 0.1) is 25.7 Å². The minimum atomic E-state index is -0.779. The summed E-state index contributed by atoms with van der Waals surface area (Å²) < 4.78 is 0. The van der Waals surface area contributed by atoms with Gasteiger partial charge >= 0.3 is 0 Å². The van der Waals surface area contributed by atoms with Gasteiger partial charge in [-0.1, -0.05) is 48.4 Å². The third-order valence-electron chi connectivity index (χ3n) is 8.18. The zero-order valence-electron chi connectivity index (χ0n) is 23.2. The number of aliphatic hydroxyl groups is 1. The van der Waals surface area contributed by atoms with Crippen molar-refractivity contribution in [1.29, 1.82) is 0 Å². The fourth-order valence-corrected chi connectivity index (χ4v) is 8.04. The second-order valence-corrected chi connectivity index (χ2v) is 12.6. The second kappa shape index (κ2) is 11.3. The number of likely N-dealkylation sites (tertiary alicyclic amines) is 1. The molecule has 0 aromatic heterocycles. The van der Waals surface area contributed by atoms with Gasteiger partial charge in [-0.15, -0.1) is 11.8 Å². The van der Waals surface area contributed by atoms with Crippen molar-refractivity contribution in [2.24, 2.45) is 11.8 Å². The molecule has 0 bridgehead atoms. The van der Waals surface area contributed by atoms with Gasteiger partial charge in [-0.2, -0.15) is 0 Å². The predicted molar refractivity (Wildman–Crippen MR) is 155 cm³/mol. The van der Waals surface area contributed by atoms with Crippen LogP contribution in [0.1, 0.15) is 47.3 Å². The van der Waals surface area contributed by atoms with Crippen molar-refractivity contribution >= 4 is 41.8 Å². The molecule has 0 aliphatic carbocycles. The van der Waals surface area contributed by atoms with E-state index >= 15 is 0 Å². The van der Waals surface area contributed by atoms with E-state index in [9.17, 15) is 24.3 Å². The number of aryl methyl sites for hydroxylation is 2. The van der Waals surface area contributed by atoms with E-state index < -0.39 is 18.1 Å². The monoisotopic (exact) mass is 561 g/mol. The average Bonchev–Trinajstić information content (AvgIpc) is 3.39. The van der Waals surface area contributed by atoms with Crippen molar-refractivity contribution in [1.82, 2.24) is 9.80 Å². The van der Waals surface area contributed by atoms with Crippen molar-refractivity contribution in [2.45, 2.75) is 64.1 Å². The van der Waals surface area contributed by atoms with Crippen LogP contribution in [0.2, 0.25) is 0 Å². The number of aliphatic hydroxyl groups excluding tert-OH is 1. The number of nitrogens with zero attached hydrogens (tertiary/aromatic N) is 2. The molecule has 2 aromatic rings. The minimum absolute atomic E-state index is 0.0224. The van der Waals surface area contributed by atoms with E-state index in [1.165, 1.54) is 0 Å². The van der Waals surface area contributed by atoms with Crippen molar-refractivity contribution in [3.63, 3.8) is 0 Å². The summed E-state index contributed by atoms with van der Waals surface area (Å²) in [6, 6.07) is 12.6. The van der Waals surface area contributed by atoms with Gasteiger partial charge in [0.1, 0.15) is 6.29 Å². The molecular weight excluding hydrogens is 526 g/mol. The van der Waals surface area contributed by atoms with Crippen LogP contribution in [0.3, 0.4) is 0 Å². The number of β-lactam (4-membered cyclic amide) rings is 1. The van der Waals surface area contributed by atoms with Crippen LogP contribution < -0.4 is 5.32 Å². The van der Waals surface area contributed by atoms with E-state index in [4.69, 9.17) is 0 Å². The number of benzene rings is 2. The van der Waals surface area contributed by atoms with E-state index in [0.717, 1.165) is 34.2 Å². The van der Waals surface area contributed by atoms with Gasteiger partial charge in [-0.25, -0.2) is 0 Å². The Labute approximate surface area is 238 Å². The molecule has 2 saturated heterocycles. The first-order valence-corrected chi connectivity index (χ1v) is 14.5. The molecule has 210 valence electrons. The molecule has 3 aliphatic rings. The van der Waals surface area contributed by atoms with Crippen LogP contribution in [0.15, 0.2) is 53.1 Å². The van der Waals surface area contributed by atoms with Gasteiger partial charge < -0.3 is 15.3 Å². The summed E-state index contributed by atoms with van der Waals surface area (Å²) in [5.74, 6) is -0.933. The van der Waals surface area contributed by atoms with Crippen LogP contribution in [0.4, 0.5) is 5.69 Å². The van der Waals surface area contributed by atoms with Gasteiger partial charge in [0.2, 0.25) is 11.8 Å². The number of fused-ring (bicyclic) bond motifs is 1. The average molecular weight is 562 g/mol. The Bertz CT molecular complexity index is 1370. The Morgan fingerprint density at radius 1 is 1.15 bits per heavy atom. The predicted octanol–water partition coefficient (Wildman–Crippen LogP) is 3.70. The standard InChI is InChI=1S/C31H35N3O5S/c1-17-8-18(2)10-22(9-17)13-33-14-24(12-25(33)30(38)32-23-7-5-6-21(11-23)15-35)40-29-19(3)28-27(20(4)37)31(39)34(28)26(29)16-36/h5-11,15-16,19-20,24-25,27-28,37H,12-14H2,1-4H3,(H,32,38)/t19-,20-,24+,25+,27-,28-/m1/s1. The number of allylic oxidation sites excluding steroid dienone is 1. The molecule has 5 rings (SSSR count). The highest BCUT2D eigenvalue weighted by molar-refractivity contribution is 8.03. The van der Waals surface area contributed by atoms with Gasteiger partial charge in [-0.05, 0) is 44.9 Å². The number of aldehydes is 2. The minimum Gasteiger partial charge on any atom is -0.393 e. The molecule has 2 fully saturated rings. The fourth-order valence-electron chi connectivity index (χ4n) is 6.51. The number of rotatable bonds is 9. The lowest BCUT2D eigenvalue weighted by Crippen LogP contribution is -2.63. The maximum Gasteiger partial charge on any atom is 0.241 e. The van der Waals surface area contributed by atoms with E-state index in [1.54, 1.807) is 47.9 Å². The van der Waals surface area contributed by atoms with Crippen molar-refractivity contribution < 1.29 is 24.3 Å². The lowest BCUT2D eigenvalue weighted by molar-refractivity contribution is -0.160. The molecule has 0 saturated carbocycles. The zero-order chi connectivity index (χ0) is 28.7. The summed E-state index contributed by atoms with van der Waals surface area (Å²) in [7, 11) is 0. The fraction of sp³-hybridized carbons (Fsp3) is 0.419. The van der Waals surface area contributed by atoms with Crippen LogP contribution >= 0.6 is 11.8 Å². The van der Waals surface area contributed by atoms with Gasteiger partial charge in [-0.3, -0.25) is 24.1 Å². The van der Waals surface area contributed by atoms with Gasteiger partial charge in [0.05, 0.1) is 29.8 Å². The highest BCUT2D eigenvalue weighted by Gasteiger charge is 2.58. The summed E-state index contributed by atoms with van der Waals surface area (Å²) in [5.41, 5.74) is 4.90. The Balaban J connectivity index is 1.39. The maximum absolute atomic E-state index is 13.6. The number of hydrogen-bond acceptors (Lipinski definition) is 7. The Morgan fingerprint density at radius 2 is 1.88 bits per heavy atom. The molecule has 40 heavy (non-hydrogen) atoms. The Kier molecular flexibility index (Phi) is 7.99. The van der Waals surface area contributed by atoms with Crippen molar-refractivity contribution in [3.8, 4) is 0 Å². The number of carbonyl (C=O) groups excluding carboxylic acids is 4. The van der Waals surface area contributed by atoms with Gasteiger partial charge in [0.25, 0.3) is 0 Å². The Morgan fingerprint density at radius 3 is 2.52 bits per heavy atom. The van der Waals surface area contributed by atoms with Gasteiger partial charge in [0, 0.05) is 40.4 Å². The summed E-state index contributed by atoms with van der Waals surface area (Å²) in [5, 5.41) is 13.2. The number of carbonyl (C=O) groups is 4. The summed E-state index contributed by atoms with van der Waals surface area (Å²) in [6.07, 6.45) is 1.29. The van der Waals surface area contributed by atoms with E-state index in [1.807, 2.05) is 6.92 Å². The quantitative estimate of drug-likeness (QED) is 0.355. The lowest BCUT2D eigenvalue weighted by atomic mass is 9.79. The molecule has 0 spiro atoms. The molecule has 2 amide bonds. The highest BCUT2D eigenvalue weighted by atomic mass is 32.2. The number of anilines is 1. The van der Waals surface area contributed by atoms with Crippen LogP contribution in [-0.4, -0.2) is 69.3 Å². The van der Waals surface area contributed by atoms with Crippen LogP contribution in [0.5, 0.6) is 0 Å². The molecule has 2 aromatic carbocycles. The highest BCUT2D eigenvalue weighted by Crippen LogP contribution is 2.51. The summed E-state index contributed by atoms with van der Waals surface area (Å²) >= 11 is 1.58. The first kappa shape index (κ1) is 28.3. The third kappa shape index (κ3) is 5.25. The molecule has 3 heterocycles. The largest absolute Gasteiger partial charge is 0.393 e. The zero-order valence-corrected chi connectivity index (χ0v) is 24.0. The number of hydrogen-bond donors (Lipinski definition) is 2. The second-order valence-electron chi connectivity index (χ2n) is 11.3. The van der Waals surface area contributed by atoms with Gasteiger partial charge in [0.15, 0.2) is 6.29 Å². The molecule has 8 nitrogen and oxygen atoms in total. The smallest absolute Gasteiger partial charge is 0.241 e. The first-order chi connectivity index (χ1) is 19.1. The van der Waals surface area contributed by atoms with E-state index in [0.29, 0.717) is 36.5 Å². The molecule has 0 unspecified atom stereocenters. The lowest BCUT2D eigenvalue weighted by Gasteiger charge is -2.46. The third-order valence-corrected chi connectivity index (χ3v) is 9.69. The van der Waals surface area contributed by atoms with Crippen molar-refractivity contribution in [2.75, 3.05) is 11.9 Å². The summed E-state index contributed by atoms with van der Waals surface area (Å²) in [4.78, 5) is 54.2. The van der Waals surface area contributed by atoms with Crippen LogP contribution in [-0.2, 0) is 20.9 Å². The number of amides is 2. The molecule has 0 radical (unpaired) electrons. The molecule has 6 atom stereocenters. The molecule has 9 heteroatoms. The van der Waals surface area contributed by atoms with Crippen LogP contribution in [0.25, 0.3) is 0 Å². The molecule has 2 N–H and O–H groups in total. The van der Waals surface area contributed by atoms with Crippen molar-refractivity contribution in [3.05, 3.63) is 75.3 Å². The Hall–Kier alpha value is -3.27.